The van der Waals surface area contributed by atoms with E-state index in [-0.39, 0.29) is 0 Å². The molecule has 0 unspecified atom stereocenters. The van der Waals surface area contributed by atoms with Gasteiger partial charge in [-0.1, -0.05) is 6.07 Å². The van der Waals surface area contributed by atoms with Gasteiger partial charge in [0, 0.05) is 43.2 Å². The third-order valence-electron chi connectivity index (χ3n) is 4.65. The number of rotatable bonds is 8. The van der Waals surface area contributed by atoms with Crippen molar-refractivity contribution in [1.82, 2.24) is 20.1 Å². The van der Waals surface area contributed by atoms with Crippen molar-refractivity contribution in [1.29, 1.82) is 0 Å². The van der Waals surface area contributed by atoms with Gasteiger partial charge in [0.1, 0.15) is 18.1 Å². The Hall–Kier alpha value is -2.86. The van der Waals surface area contributed by atoms with Gasteiger partial charge >= 0.3 is 0 Å². The van der Waals surface area contributed by atoms with Crippen molar-refractivity contribution in [3.63, 3.8) is 0 Å². The van der Waals surface area contributed by atoms with Crippen molar-refractivity contribution in [2.45, 2.75) is 33.5 Å². The Balaban J connectivity index is 1.69. The number of aryl methyl sites for hydroxylation is 2. The molecule has 0 bridgehead atoms. The third-order valence-corrected chi connectivity index (χ3v) is 4.65. The number of aromatic nitrogens is 3. The van der Waals surface area contributed by atoms with Crippen LogP contribution in [0.4, 0.5) is 0 Å². The molecule has 0 amide bonds. The summed E-state index contributed by atoms with van der Waals surface area (Å²) in [6.07, 6.45) is 1.77. The van der Waals surface area contributed by atoms with E-state index in [4.69, 9.17) is 9.47 Å². The molecule has 6 heteroatoms. The maximum Gasteiger partial charge on any atom is 0.130 e. The number of nitrogens with zero attached hydrogens (tertiary/aromatic N) is 3. The second-order valence-electron chi connectivity index (χ2n) is 6.46. The molecule has 3 rings (SSSR count). The number of nitrogens with one attached hydrogen (secondary N) is 1. The van der Waals surface area contributed by atoms with E-state index < -0.39 is 0 Å². The first-order valence-corrected chi connectivity index (χ1v) is 8.98. The minimum absolute atomic E-state index is 0.432. The van der Waals surface area contributed by atoms with Gasteiger partial charge in [0.25, 0.3) is 0 Å². The summed E-state index contributed by atoms with van der Waals surface area (Å²) in [6.45, 7) is 5.98. The van der Waals surface area contributed by atoms with Gasteiger partial charge in [-0.15, -0.1) is 0 Å². The lowest BCUT2D eigenvalue weighted by Gasteiger charge is -2.14. The molecular formula is C21H26N4O2. The van der Waals surface area contributed by atoms with E-state index in [2.05, 4.69) is 22.3 Å². The highest BCUT2D eigenvalue weighted by Gasteiger charge is 2.11. The van der Waals surface area contributed by atoms with E-state index >= 15 is 0 Å². The summed E-state index contributed by atoms with van der Waals surface area (Å²) in [5.41, 5.74) is 5.41. The van der Waals surface area contributed by atoms with Gasteiger partial charge in [-0.05, 0) is 44.2 Å². The monoisotopic (exact) mass is 366 g/mol. The summed E-state index contributed by atoms with van der Waals surface area (Å²) in [7, 11) is 3.64. The van der Waals surface area contributed by atoms with Crippen LogP contribution in [-0.4, -0.2) is 21.9 Å². The van der Waals surface area contributed by atoms with E-state index in [9.17, 15) is 0 Å². The molecule has 3 aromatic rings. The SMILES string of the molecule is COc1ccc(OCc2ccccn2)c(CNCc2c(C)nn(C)c2C)c1. The summed E-state index contributed by atoms with van der Waals surface area (Å²) in [5.74, 6) is 1.64. The summed E-state index contributed by atoms with van der Waals surface area (Å²) in [4.78, 5) is 4.31. The van der Waals surface area contributed by atoms with Crippen LogP contribution < -0.4 is 14.8 Å². The highest BCUT2D eigenvalue weighted by atomic mass is 16.5. The Labute approximate surface area is 160 Å². The molecule has 0 saturated carbocycles. The van der Waals surface area contributed by atoms with E-state index in [0.29, 0.717) is 13.2 Å². The number of hydrogen-bond acceptors (Lipinski definition) is 5. The van der Waals surface area contributed by atoms with Gasteiger partial charge < -0.3 is 14.8 Å². The summed E-state index contributed by atoms with van der Waals surface area (Å²) >= 11 is 0. The second kappa shape index (κ2) is 8.68. The predicted octanol–water partition coefficient (Wildman–Crippen LogP) is 3.31. The molecule has 142 valence electrons. The molecule has 2 heterocycles. The normalized spacial score (nSPS) is 10.8. The molecule has 0 aliphatic carbocycles. The molecule has 0 fully saturated rings. The average molecular weight is 366 g/mol. The Morgan fingerprint density at radius 1 is 1.11 bits per heavy atom. The molecule has 0 atom stereocenters. The number of ether oxygens (including phenoxy) is 2. The van der Waals surface area contributed by atoms with E-state index in [1.165, 1.54) is 11.3 Å². The van der Waals surface area contributed by atoms with Crippen LogP contribution in [0.2, 0.25) is 0 Å². The zero-order valence-corrected chi connectivity index (χ0v) is 16.3. The average Bonchev–Trinajstić information content (AvgIpc) is 2.93. The highest BCUT2D eigenvalue weighted by Crippen LogP contribution is 2.25. The summed E-state index contributed by atoms with van der Waals surface area (Å²) in [6, 6.07) is 11.7. The van der Waals surface area contributed by atoms with Gasteiger partial charge in [-0.3, -0.25) is 9.67 Å². The molecule has 27 heavy (non-hydrogen) atoms. The van der Waals surface area contributed by atoms with Crippen LogP contribution >= 0.6 is 0 Å². The molecule has 0 spiro atoms. The van der Waals surface area contributed by atoms with Crippen molar-refractivity contribution < 1.29 is 9.47 Å². The van der Waals surface area contributed by atoms with Gasteiger partial charge in [0.05, 0.1) is 18.5 Å². The number of pyridine rings is 1. The standard InChI is InChI=1S/C21H26N4O2/c1-15-20(16(2)25(3)24-15)13-22-12-17-11-19(26-4)8-9-21(17)27-14-18-7-5-6-10-23-18/h5-11,22H,12-14H2,1-4H3. The van der Waals surface area contributed by atoms with E-state index in [1.807, 2.05) is 55.1 Å². The molecular weight excluding hydrogens is 340 g/mol. The maximum atomic E-state index is 6.00. The van der Waals surface area contributed by atoms with Crippen LogP contribution in [0.3, 0.4) is 0 Å². The number of hydrogen-bond donors (Lipinski definition) is 1. The summed E-state index contributed by atoms with van der Waals surface area (Å²) in [5, 5.41) is 7.97. The third kappa shape index (κ3) is 4.65. The van der Waals surface area contributed by atoms with Crippen molar-refractivity contribution in [2.24, 2.45) is 7.05 Å². The van der Waals surface area contributed by atoms with E-state index in [1.54, 1.807) is 13.3 Å². The van der Waals surface area contributed by atoms with Crippen LogP contribution in [0.25, 0.3) is 0 Å². The van der Waals surface area contributed by atoms with E-state index in [0.717, 1.165) is 35.0 Å². The molecule has 0 aliphatic heterocycles. The molecule has 6 nitrogen and oxygen atoms in total. The maximum absolute atomic E-state index is 6.00. The lowest BCUT2D eigenvalue weighted by Crippen LogP contribution is -2.15. The van der Waals surface area contributed by atoms with Gasteiger partial charge in [-0.25, -0.2) is 0 Å². The molecule has 0 aliphatic rings. The van der Waals surface area contributed by atoms with Crippen LogP contribution in [0.5, 0.6) is 11.5 Å². The molecule has 1 aromatic carbocycles. The molecule has 2 aromatic heterocycles. The van der Waals surface area contributed by atoms with Gasteiger partial charge in [-0.2, -0.15) is 5.10 Å². The lowest BCUT2D eigenvalue weighted by atomic mass is 10.1. The largest absolute Gasteiger partial charge is 0.497 e. The predicted molar refractivity (Wildman–Crippen MR) is 105 cm³/mol. The molecule has 1 N–H and O–H groups in total. The second-order valence-corrected chi connectivity index (χ2v) is 6.46. The zero-order valence-electron chi connectivity index (χ0n) is 16.3. The van der Waals surface area contributed by atoms with Gasteiger partial charge in [0.2, 0.25) is 0 Å². The zero-order chi connectivity index (χ0) is 19.2. The Kier molecular flexibility index (Phi) is 6.08. The van der Waals surface area contributed by atoms with Crippen LogP contribution in [0.15, 0.2) is 42.6 Å². The Bertz CT molecular complexity index is 891. The number of methoxy groups -OCH3 is 1. The first kappa shape index (κ1) is 18.9. The Morgan fingerprint density at radius 3 is 2.63 bits per heavy atom. The highest BCUT2D eigenvalue weighted by molar-refractivity contribution is 5.40. The van der Waals surface area contributed by atoms with Crippen LogP contribution in [-0.2, 0) is 26.7 Å². The smallest absolute Gasteiger partial charge is 0.130 e. The van der Waals surface area contributed by atoms with Crippen molar-refractivity contribution >= 4 is 0 Å². The fourth-order valence-electron chi connectivity index (χ4n) is 2.99. The van der Waals surface area contributed by atoms with Crippen molar-refractivity contribution in [3.05, 3.63) is 70.8 Å². The molecule has 0 radical (unpaired) electrons. The fraction of sp³-hybridized carbons (Fsp3) is 0.333. The first-order chi connectivity index (χ1) is 13.1. The minimum atomic E-state index is 0.432. The minimum Gasteiger partial charge on any atom is -0.497 e. The van der Waals surface area contributed by atoms with Crippen molar-refractivity contribution in [3.8, 4) is 11.5 Å². The quantitative estimate of drug-likeness (QED) is 0.663. The van der Waals surface area contributed by atoms with Crippen molar-refractivity contribution in [2.75, 3.05) is 7.11 Å². The van der Waals surface area contributed by atoms with Crippen LogP contribution in [0, 0.1) is 13.8 Å². The number of benzene rings is 1. The lowest BCUT2D eigenvalue weighted by molar-refractivity contribution is 0.296. The van der Waals surface area contributed by atoms with Crippen LogP contribution in [0.1, 0.15) is 28.2 Å². The topological polar surface area (TPSA) is 61.2 Å². The first-order valence-electron chi connectivity index (χ1n) is 8.98. The summed E-state index contributed by atoms with van der Waals surface area (Å²) < 4.78 is 13.3. The Morgan fingerprint density at radius 2 is 1.96 bits per heavy atom. The van der Waals surface area contributed by atoms with Gasteiger partial charge in [0.15, 0.2) is 0 Å². The molecule has 0 saturated heterocycles. The fourth-order valence-corrected chi connectivity index (χ4v) is 2.99.